The number of carbonyl (C=O) groups excluding carboxylic acids is 1. The number of hydrogen-bond acceptors (Lipinski definition) is 5. The fourth-order valence-corrected chi connectivity index (χ4v) is 4.01. The summed E-state index contributed by atoms with van der Waals surface area (Å²) < 4.78 is 8.49. The Morgan fingerprint density at radius 2 is 2.08 bits per heavy atom. The van der Waals surface area contributed by atoms with E-state index in [-0.39, 0.29) is 5.91 Å². The van der Waals surface area contributed by atoms with E-state index in [1.54, 1.807) is 0 Å². The molecule has 1 fully saturated rings. The Balaban J connectivity index is 1.46. The topological polar surface area (TPSA) is 58.1 Å². The number of benzene rings is 2. The standard InChI is InChI=1S/C19H20N4OS/c1-13-7-9-14(10-8-13)17-6-3-11-23(17)12-18(24)20-15-4-2-5-16-19(15)22-25-21-16/h2,4-5,7-10,17H,3,6,11-12H2,1H3,(H,20,24). The first-order chi connectivity index (χ1) is 12.2. The summed E-state index contributed by atoms with van der Waals surface area (Å²) in [6.45, 7) is 3.44. The second-order valence-electron chi connectivity index (χ2n) is 6.52. The maximum Gasteiger partial charge on any atom is 0.238 e. The number of nitrogens with zero attached hydrogens (tertiary/aromatic N) is 3. The molecule has 2 heterocycles. The molecule has 1 unspecified atom stereocenters. The highest BCUT2D eigenvalue weighted by atomic mass is 32.1. The van der Waals surface area contributed by atoms with Gasteiger partial charge in [-0.1, -0.05) is 35.9 Å². The van der Waals surface area contributed by atoms with Gasteiger partial charge in [-0.15, -0.1) is 0 Å². The lowest BCUT2D eigenvalue weighted by Gasteiger charge is -2.24. The molecule has 3 aromatic rings. The molecule has 0 bridgehead atoms. The Bertz CT molecular complexity index is 890. The third-order valence-electron chi connectivity index (χ3n) is 4.73. The summed E-state index contributed by atoms with van der Waals surface area (Å²) in [5.41, 5.74) is 4.87. The van der Waals surface area contributed by atoms with Gasteiger partial charge in [-0.2, -0.15) is 8.75 Å². The molecule has 0 spiro atoms. The maximum absolute atomic E-state index is 12.6. The fraction of sp³-hybridized carbons (Fsp3) is 0.316. The molecule has 1 saturated heterocycles. The number of likely N-dealkylation sites (tertiary alicyclic amines) is 1. The zero-order valence-corrected chi connectivity index (χ0v) is 14.9. The van der Waals surface area contributed by atoms with Gasteiger partial charge in [0.15, 0.2) is 0 Å². The minimum atomic E-state index is -0.000452. The van der Waals surface area contributed by atoms with Crippen LogP contribution in [0.15, 0.2) is 42.5 Å². The van der Waals surface area contributed by atoms with E-state index in [9.17, 15) is 4.79 Å². The van der Waals surface area contributed by atoms with Gasteiger partial charge in [0.2, 0.25) is 5.91 Å². The van der Waals surface area contributed by atoms with Crippen molar-refractivity contribution in [3.63, 3.8) is 0 Å². The van der Waals surface area contributed by atoms with Crippen LogP contribution in [0.25, 0.3) is 11.0 Å². The van der Waals surface area contributed by atoms with E-state index in [0.717, 1.165) is 47.8 Å². The van der Waals surface area contributed by atoms with Gasteiger partial charge < -0.3 is 5.32 Å². The Labute approximate surface area is 151 Å². The predicted octanol–water partition coefficient (Wildman–Crippen LogP) is 3.78. The number of carbonyl (C=O) groups is 1. The lowest BCUT2D eigenvalue weighted by Crippen LogP contribution is -2.33. The zero-order chi connectivity index (χ0) is 17.2. The number of anilines is 1. The smallest absolute Gasteiger partial charge is 0.238 e. The summed E-state index contributed by atoms with van der Waals surface area (Å²) in [5.74, 6) is -0.000452. The first-order valence-corrected chi connectivity index (χ1v) is 9.25. The molecule has 1 aliphatic rings. The minimum absolute atomic E-state index is 0.000452. The van der Waals surface area contributed by atoms with Crippen LogP contribution in [0.2, 0.25) is 0 Å². The molecule has 0 aliphatic carbocycles. The van der Waals surface area contributed by atoms with Crippen LogP contribution < -0.4 is 5.32 Å². The highest BCUT2D eigenvalue weighted by molar-refractivity contribution is 7.00. The molecule has 1 N–H and O–H groups in total. The van der Waals surface area contributed by atoms with Crippen molar-refractivity contribution in [3.05, 3.63) is 53.6 Å². The molecule has 2 aromatic carbocycles. The third kappa shape index (κ3) is 3.41. The average molecular weight is 352 g/mol. The molecule has 1 atom stereocenters. The van der Waals surface area contributed by atoms with Crippen molar-refractivity contribution < 1.29 is 4.79 Å². The lowest BCUT2D eigenvalue weighted by atomic mass is 10.0. The van der Waals surface area contributed by atoms with Crippen LogP contribution in [0.5, 0.6) is 0 Å². The molecular formula is C19H20N4OS. The van der Waals surface area contributed by atoms with E-state index in [2.05, 4.69) is 50.2 Å². The van der Waals surface area contributed by atoms with Gasteiger partial charge in [-0.05, 0) is 44.0 Å². The molecule has 1 aromatic heterocycles. The van der Waals surface area contributed by atoms with Crippen LogP contribution in [0, 0.1) is 6.92 Å². The van der Waals surface area contributed by atoms with Crippen LogP contribution in [0.1, 0.15) is 30.0 Å². The van der Waals surface area contributed by atoms with E-state index in [1.165, 1.54) is 11.1 Å². The van der Waals surface area contributed by atoms with E-state index in [1.807, 2.05) is 18.2 Å². The van der Waals surface area contributed by atoms with Gasteiger partial charge in [0, 0.05) is 6.04 Å². The van der Waals surface area contributed by atoms with Crippen molar-refractivity contribution in [2.45, 2.75) is 25.8 Å². The first kappa shape index (κ1) is 16.2. The van der Waals surface area contributed by atoms with E-state index >= 15 is 0 Å². The van der Waals surface area contributed by atoms with E-state index < -0.39 is 0 Å². The van der Waals surface area contributed by atoms with Gasteiger partial charge in [0.25, 0.3) is 0 Å². The van der Waals surface area contributed by atoms with E-state index in [4.69, 9.17) is 0 Å². The van der Waals surface area contributed by atoms with Crippen LogP contribution in [-0.2, 0) is 4.79 Å². The first-order valence-electron chi connectivity index (χ1n) is 8.52. The van der Waals surface area contributed by atoms with Gasteiger partial charge >= 0.3 is 0 Å². The highest BCUT2D eigenvalue weighted by Gasteiger charge is 2.27. The van der Waals surface area contributed by atoms with Gasteiger partial charge in [0.05, 0.1) is 24.0 Å². The lowest BCUT2D eigenvalue weighted by molar-refractivity contribution is -0.117. The number of fused-ring (bicyclic) bond motifs is 1. The number of rotatable bonds is 4. The number of amides is 1. The van der Waals surface area contributed by atoms with Crippen LogP contribution in [-0.4, -0.2) is 32.6 Å². The molecule has 128 valence electrons. The van der Waals surface area contributed by atoms with Crippen molar-refractivity contribution in [2.75, 3.05) is 18.4 Å². The quantitative estimate of drug-likeness (QED) is 0.776. The minimum Gasteiger partial charge on any atom is -0.323 e. The van der Waals surface area contributed by atoms with Gasteiger partial charge in [0.1, 0.15) is 11.0 Å². The van der Waals surface area contributed by atoms with Crippen LogP contribution >= 0.6 is 11.7 Å². The van der Waals surface area contributed by atoms with Crippen molar-refractivity contribution in [3.8, 4) is 0 Å². The van der Waals surface area contributed by atoms with Crippen molar-refractivity contribution in [2.24, 2.45) is 0 Å². The fourth-order valence-electron chi connectivity index (χ4n) is 3.46. The van der Waals surface area contributed by atoms with Crippen LogP contribution in [0.3, 0.4) is 0 Å². The van der Waals surface area contributed by atoms with Gasteiger partial charge in [-0.3, -0.25) is 9.69 Å². The second kappa shape index (κ2) is 6.90. The normalized spacial score (nSPS) is 17.9. The third-order valence-corrected chi connectivity index (χ3v) is 5.28. The maximum atomic E-state index is 12.6. The molecule has 1 aliphatic heterocycles. The molecular weight excluding hydrogens is 332 g/mol. The number of nitrogens with one attached hydrogen (secondary N) is 1. The Kier molecular flexibility index (Phi) is 4.46. The summed E-state index contributed by atoms with van der Waals surface area (Å²) in [5, 5.41) is 3.00. The monoisotopic (exact) mass is 352 g/mol. The summed E-state index contributed by atoms with van der Waals surface area (Å²) in [4.78, 5) is 14.8. The molecule has 4 rings (SSSR count). The number of aryl methyl sites for hydroxylation is 1. The molecule has 5 nitrogen and oxygen atoms in total. The molecule has 6 heteroatoms. The molecule has 25 heavy (non-hydrogen) atoms. The van der Waals surface area contributed by atoms with Crippen LogP contribution in [0.4, 0.5) is 5.69 Å². The number of hydrogen-bond donors (Lipinski definition) is 1. The van der Waals surface area contributed by atoms with Gasteiger partial charge in [-0.25, -0.2) is 0 Å². The molecule has 0 radical (unpaired) electrons. The van der Waals surface area contributed by atoms with E-state index in [0.29, 0.717) is 12.6 Å². The second-order valence-corrected chi connectivity index (χ2v) is 7.05. The summed E-state index contributed by atoms with van der Waals surface area (Å²) >= 11 is 1.16. The predicted molar refractivity (Wildman–Crippen MR) is 101 cm³/mol. The summed E-state index contributed by atoms with van der Waals surface area (Å²) in [6.07, 6.45) is 2.22. The largest absolute Gasteiger partial charge is 0.323 e. The SMILES string of the molecule is Cc1ccc(C2CCCN2CC(=O)Nc2cccc3nsnc23)cc1. The summed E-state index contributed by atoms with van der Waals surface area (Å²) in [6, 6.07) is 14.6. The number of aromatic nitrogens is 2. The Morgan fingerprint density at radius 3 is 2.92 bits per heavy atom. The highest BCUT2D eigenvalue weighted by Crippen LogP contribution is 2.31. The molecule has 0 saturated carbocycles. The van der Waals surface area contributed by atoms with Crippen molar-refractivity contribution in [1.82, 2.24) is 13.6 Å². The van der Waals surface area contributed by atoms with Crippen molar-refractivity contribution in [1.29, 1.82) is 0 Å². The Hall–Kier alpha value is -2.31. The van der Waals surface area contributed by atoms with Crippen molar-refractivity contribution >= 4 is 34.4 Å². The summed E-state index contributed by atoms with van der Waals surface area (Å²) in [7, 11) is 0. The zero-order valence-electron chi connectivity index (χ0n) is 14.1. The Morgan fingerprint density at radius 1 is 1.24 bits per heavy atom. The average Bonchev–Trinajstić information content (AvgIpc) is 3.25. The molecule has 1 amide bonds.